The van der Waals surface area contributed by atoms with Crippen LogP contribution in [-0.4, -0.2) is 24.1 Å². The molecule has 0 bridgehead atoms. The Bertz CT molecular complexity index is 837. The van der Waals surface area contributed by atoms with Gasteiger partial charge >= 0.3 is 0 Å². The molecule has 0 saturated carbocycles. The van der Waals surface area contributed by atoms with Gasteiger partial charge in [0.25, 0.3) is 0 Å². The summed E-state index contributed by atoms with van der Waals surface area (Å²) in [5, 5.41) is 6.89. The molecule has 140 valence electrons. The number of aromatic nitrogens is 1. The topological polar surface area (TPSA) is 41.4 Å². The third-order valence-corrected chi connectivity index (χ3v) is 4.69. The fourth-order valence-electron chi connectivity index (χ4n) is 3.22. The number of hydrogen-bond acceptors (Lipinski definition) is 1. The van der Waals surface area contributed by atoms with Crippen LogP contribution < -0.4 is 10.6 Å². The van der Waals surface area contributed by atoms with Crippen molar-refractivity contribution in [1.82, 2.24) is 15.2 Å². The van der Waals surface area contributed by atoms with Crippen LogP contribution in [0.4, 0.5) is 0 Å². The van der Waals surface area contributed by atoms with Crippen LogP contribution in [0.3, 0.4) is 0 Å². The van der Waals surface area contributed by atoms with Gasteiger partial charge in [-0.3, -0.25) is 4.99 Å². The molecule has 0 amide bonds. The molecule has 1 heterocycles. The van der Waals surface area contributed by atoms with Gasteiger partial charge in [-0.15, -0.1) is 0 Å². The first-order chi connectivity index (χ1) is 13.2. The molecule has 2 aromatic carbocycles. The minimum atomic E-state index is 0.379. The summed E-state index contributed by atoms with van der Waals surface area (Å²) in [6.07, 6.45) is 5.16. The van der Waals surface area contributed by atoms with Gasteiger partial charge in [-0.25, -0.2) is 0 Å². The second-order valence-corrected chi connectivity index (χ2v) is 6.79. The fourth-order valence-corrected chi connectivity index (χ4v) is 3.22. The van der Waals surface area contributed by atoms with Crippen LogP contribution in [0.25, 0.3) is 0 Å². The van der Waals surface area contributed by atoms with Crippen LogP contribution >= 0.6 is 0 Å². The largest absolute Gasteiger partial charge is 0.357 e. The average Bonchev–Trinajstić information content (AvgIpc) is 3.13. The fraction of sp³-hybridized carbons (Fsp3) is 0.261. The highest BCUT2D eigenvalue weighted by Gasteiger charge is 2.13. The molecule has 3 rings (SSSR count). The van der Waals surface area contributed by atoms with Crippen molar-refractivity contribution in [2.45, 2.75) is 18.9 Å². The van der Waals surface area contributed by atoms with Crippen LogP contribution in [0.15, 0.2) is 84.1 Å². The van der Waals surface area contributed by atoms with Gasteiger partial charge in [0.15, 0.2) is 5.96 Å². The van der Waals surface area contributed by atoms with Gasteiger partial charge < -0.3 is 15.2 Å². The van der Waals surface area contributed by atoms with E-state index >= 15 is 0 Å². The van der Waals surface area contributed by atoms with Crippen molar-refractivity contribution in [3.05, 3.63) is 95.8 Å². The summed E-state index contributed by atoms with van der Waals surface area (Å²) < 4.78 is 2.05. The molecule has 1 aromatic heterocycles. The first-order valence-electron chi connectivity index (χ1n) is 9.39. The lowest BCUT2D eigenvalue weighted by Crippen LogP contribution is -2.39. The molecule has 4 nitrogen and oxygen atoms in total. The summed E-state index contributed by atoms with van der Waals surface area (Å²) in [5.74, 6) is 1.21. The quantitative estimate of drug-likeness (QED) is 0.498. The van der Waals surface area contributed by atoms with Gasteiger partial charge in [0.1, 0.15) is 0 Å². The standard InChI is InChI=1S/C23H28N4/c1-24-23(25-16-20-13-14-27(2)18-20)26-17-22(21-11-7-4-8-12-21)15-19-9-5-3-6-10-19/h3-14,18,22H,15-17H2,1-2H3,(H2,24,25,26). The minimum Gasteiger partial charge on any atom is -0.357 e. The molecule has 0 spiro atoms. The molecule has 1 atom stereocenters. The highest BCUT2D eigenvalue weighted by atomic mass is 15.2. The summed E-state index contributed by atoms with van der Waals surface area (Å²) in [5.41, 5.74) is 3.93. The zero-order valence-electron chi connectivity index (χ0n) is 16.1. The molecule has 0 aliphatic heterocycles. The van der Waals surface area contributed by atoms with Gasteiger partial charge in [0.2, 0.25) is 0 Å². The third kappa shape index (κ3) is 5.74. The Labute approximate surface area is 162 Å². The zero-order chi connectivity index (χ0) is 18.9. The third-order valence-electron chi connectivity index (χ3n) is 4.69. The second-order valence-electron chi connectivity index (χ2n) is 6.79. The molecule has 0 aliphatic rings. The smallest absolute Gasteiger partial charge is 0.191 e. The second kappa shape index (κ2) is 9.62. The number of nitrogens with zero attached hydrogens (tertiary/aromatic N) is 2. The Morgan fingerprint density at radius 2 is 1.63 bits per heavy atom. The van der Waals surface area contributed by atoms with Gasteiger partial charge in [-0.05, 0) is 29.2 Å². The van der Waals surface area contributed by atoms with E-state index in [4.69, 9.17) is 0 Å². The monoisotopic (exact) mass is 360 g/mol. The van der Waals surface area contributed by atoms with Crippen molar-refractivity contribution >= 4 is 5.96 Å². The van der Waals surface area contributed by atoms with E-state index in [1.54, 1.807) is 0 Å². The van der Waals surface area contributed by atoms with E-state index in [-0.39, 0.29) is 0 Å². The van der Waals surface area contributed by atoms with Crippen molar-refractivity contribution in [2.24, 2.45) is 12.0 Å². The lowest BCUT2D eigenvalue weighted by atomic mass is 9.92. The Morgan fingerprint density at radius 3 is 2.26 bits per heavy atom. The molecule has 2 N–H and O–H groups in total. The number of aliphatic imine (C=N–C) groups is 1. The van der Waals surface area contributed by atoms with Crippen molar-refractivity contribution in [3.63, 3.8) is 0 Å². The molecule has 0 saturated heterocycles. The van der Waals surface area contributed by atoms with Crippen LogP contribution in [0, 0.1) is 0 Å². The van der Waals surface area contributed by atoms with E-state index < -0.39 is 0 Å². The Hall–Kier alpha value is -3.01. The molecular weight excluding hydrogens is 332 g/mol. The number of hydrogen-bond donors (Lipinski definition) is 2. The number of rotatable bonds is 7. The normalized spacial score (nSPS) is 12.6. The van der Waals surface area contributed by atoms with Crippen molar-refractivity contribution in [3.8, 4) is 0 Å². The summed E-state index contributed by atoms with van der Waals surface area (Å²) >= 11 is 0. The summed E-state index contributed by atoms with van der Waals surface area (Å²) in [4.78, 5) is 4.37. The van der Waals surface area contributed by atoms with Crippen molar-refractivity contribution in [1.29, 1.82) is 0 Å². The molecule has 1 unspecified atom stereocenters. The van der Waals surface area contributed by atoms with E-state index in [0.29, 0.717) is 5.92 Å². The van der Waals surface area contributed by atoms with Crippen LogP contribution in [-0.2, 0) is 20.0 Å². The molecule has 4 heteroatoms. The van der Waals surface area contributed by atoms with E-state index in [9.17, 15) is 0 Å². The van der Waals surface area contributed by atoms with E-state index in [0.717, 1.165) is 25.5 Å². The molecule has 3 aromatic rings. The first kappa shape index (κ1) is 18.8. The van der Waals surface area contributed by atoms with Gasteiger partial charge in [0, 0.05) is 45.5 Å². The minimum absolute atomic E-state index is 0.379. The van der Waals surface area contributed by atoms with E-state index in [2.05, 4.69) is 99.3 Å². The lowest BCUT2D eigenvalue weighted by molar-refractivity contribution is 0.644. The highest BCUT2D eigenvalue weighted by Crippen LogP contribution is 2.20. The Kier molecular flexibility index (Phi) is 6.69. The molecule has 0 radical (unpaired) electrons. The van der Waals surface area contributed by atoms with E-state index in [1.165, 1.54) is 16.7 Å². The predicted octanol–water partition coefficient (Wildman–Crippen LogP) is 3.72. The highest BCUT2D eigenvalue weighted by molar-refractivity contribution is 5.79. The Balaban J connectivity index is 1.62. The molecule has 0 aliphatic carbocycles. The first-order valence-corrected chi connectivity index (χ1v) is 9.39. The van der Waals surface area contributed by atoms with E-state index in [1.807, 2.05) is 14.1 Å². The number of benzene rings is 2. The lowest BCUT2D eigenvalue weighted by Gasteiger charge is -2.20. The summed E-state index contributed by atoms with van der Waals surface area (Å²) in [6.45, 7) is 1.59. The van der Waals surface area contributed by atoms with Crippen LogP contribution in [0.5, 0.6) is 0 Å². The zero-order valence-corrected chi connectivity index (χ0v) is 16.1. The predicted molar refractivity (Wildman–Crippen MR) is 113 cm³/mol. The van der Waals surface area contributed by atoms with Gasteiger partial charge in [0.05, 0.1) is 0 Å². The number of aryl methyl sites for hydroxylation is 1. The number of nitrogens with one attached hydrogen (secondary N) is 2. The summed E-state index contributed by atoms with van der Waals surface area (Å²) in [6, 6.07) is 23.5. The van der Waals surface area contributed by atoms with Gasteiger partial charge in [-0.2, -0.15) is 0 Å². The van der Waals surface area contributed by atoms with Gasteiger partial charge in [-0.1, -0.05) is 60.7 Å². The molecular formula is C23H28N4. The SMILES string of the molecule is CN=C(NCc1ccn(C)c1)NCC(Cc1ccccc1)c1ccccc1. The summed E-state index contributed by atoms with van der Waals surface area (Å²) in [7, 11) is 3.85. The van der Waals surface area contributed by atoms with Crippen molar-refractivity contribution in [2.75, 3.05) is 13.6 Å². The maximum Gasteiger partial charge on any atom is 0.191 e. The average molecular weight is 361 g/mol. The number of guanidine groups is 1. The molecule has 0 fully saturated rings. The van der Waals surface area contributed by atoms with Crippen LogP contribution in [0.2, 0.25) is 0 Å². The Morgan fingerprint density at radius 1 is 0.926 bits per heavy atom. The molecule has 27 heavy (non-hydrogen) atoms. The maximum atomic E-state index is 4.37. The maximum absolute atomic E-state index is 4.37. The van der Waals surface area contributed by atoms with Crippen LogP contribution in [0.1, 0.15) is 22.6 Å². The van der Waals surface area contributed by atoms with Crippen molar-refractivity contribution < 1.29 is 0 Å².